The maximum Gasteiger partial charge on any atom is 0.234 e. The summed E-state index contributed by atoms with van der Waals surface area (Å²) in [7, 11) is 1.93. The Labute approximate surface area is 128 Å². The Balaban J connectivity index is 2.37. The second-order valence-electron chi connectivity index (χ2n) is 6.61. The van der Waals surface area contributed by atoms with E-state index in [2.05, 4.69) is 5.32 Å². The van der Waals surface area contributed by atoms with Gasteiger partial charge in [0.1, 0.15) is 12.4 Å². The molecule has 0 aliphatic heterocycles. The van der Waals surface area contributed by atoms with Gasteiger partial charge >= 0.3 is 0 Å². The molecule has 1 aromatic rings. The molecule has 0 aromatic heterocycles. The maximum atomic E-state index is 11.8. The van der Waals surface area contributed by atoms with Gasteiger partial charge in [0.05, 0.1) is 6.54 Å². The van der Waals surface area contributed by atoms with Crippen molar-refractivity contribution < 1.29 is 9.53 Å². The van der Waals surface area contributed by atoms with Gasteiger partial charge in [0.15, 0.2) is 0 Å². The molecule has 0 saturated heterocycles. The molecule has 21 heavy (non-hydrogen) atoms. The molecule has 0 unspecified atom stereocenters. The van der Waals surface area contributed by atoms with Crippen molar-refractivity contribution in [2.45, 2.75) is 40.2 Å². The van der Waals surface area contributed by atoms with E-state index in [4.69, 9.17) is 4.74 Å². The summed E-state index contributed by atoms with van der Waals surface area (Å²) in [6, 6.07) is 6.12. The van der Waals surface area contributed by atoms with Crippen molar-refractivity contribution in [1.82, 2.24) is 10.2 Å². The Kier molecular flexibility index (Phi) is 6.21. The second kappa shape index (κ2) is 7.46. The molecule has 1 aromatic carbocycles. The zero-order valence-corrected chi connectivity index (χ0v) is 14.1. The van der Waals surface area contributed by atoms with Crippen LogP contribution in [0.5, 0.6) is 5.75 Å². The summed E-state index contributed by atoms with van der Waals surface area (Å²) >= 11 is 0. The van der Waals surface area contributed by atoms with Crippen LogP contribution in [0.25, 0.3) is 0 Å². The lowest BCUT2D eigenvalue weighted by Gasteiger charge is -2.23. The number of hydrogen-bond donors (Lipinski definition) is 1. The van der Waals surface area contributed by atoms with E-state index in [1.54, 1.807) is 0 Å². The van der Waals surface area contributed by atoms with E-state index in [0.717, 1.165) is 16.9 Å². The lowest BCUT2D eigenvalue weighted by molar-refractivity contribution is -0.123. The normalized spacial score (nSPS) is 11.6. The number of hydrogen-bond acceptors (Lipinski definition) is 3. The highest BCUT2D eigenvalue weighted by atomic mass is 16.5. The topological polar surface area (TPSA) is 41.6 Å². The van der Waals surface area contributed by atoms with E-state index in [9.17, 15) is 4.79 Å². The highest BCUT2D eigenvalue weighted by Gasteiger charge is 2.15. The van der Waals surface area contributed by atoms with Crippen molar-refractivity contribution in [1.29, 1.82) is 0 Å². The molecule has 0 bridgehead atoms. The molecule has 0 heterocycles. The van der Waals surface area contributed by atoms with Crippen LogP contribution in [0, 0.1) is 13.8 Å². The summed E-state index contributed by atoms with van der Waals surface area (Å²) in [5.74, 6) is 0.988. The quantitative estimate of drug-likeness (QED) is 0.876. The molecule has 0 radical (unpaired) electrons. The smallest absolute Gasteiger partial charge is 0.234 e. The summed E-state index contributed by atoms with van der Waals surface area (Å²) in [5, 5.41) is 2.95. The third-order valence-corrected chi connectivity index (χ3v) is 3.06. The lowest BCUT2D eigenvalue weighted by Crippen LogP contribution is -2.45. The van der Waals surface area contributed by atoms with E-state index >= 15 is 0 Å². The van der Waals surface area contributed by atoms with Crippen LogP contribution in [-0.4, -0.2) is 43.1 Å². The molecule has 1 N–H and O–H groups in total. The number of rotatable bonds is 6. The molecular formula is C17H28N2O2. The second-order valence-corrected chi connectivity index (χ2v) is 6.61. The predicted molar refractivity (Wildman–Crippen MR) is 86.8 cm³/mol. The van der Waals surface area contributed by atoms with E-state index in [0.29, 0.717) is 19.7 Å². The summed E-state index contributed by atoms with van der Waals surface area (Å²) in [6.07, 6.45) is 0. The summed E-state index contributed by atoms with van der Waals surface area (Å²) < 4.78 is 5.85. The summed E-state index contributed by atoms with van der Waals surface area (Å²) in [6.45, 7) is 11.7. The van der Waals surface area contributed by atoms with Gasteiger partial charge < -0.3 is 10.1 Å². The molecular weight excluding hydrogens is 264 g/mol. The average Bonchev–Trinajstić information content (AvgIpc) is 2.30. The average molecular weight is 292 g/mol. The van der Waals surface area contributed by atoms with Gasteiger partial charge in [-0.2, -0.15) is 0 Å². The fourth-order valence-electron chi connectivity index (χ4n) is 2.11. The molecule has 0 spiro atoms. The Morgan fingerprint density at radius 3 is 2.33 bits per heavy atom. The highest BCUT2D eigenvalue weighted by molar-refractivity contribution is 5.78. The molecule has 1 amide bonds. The van der Waals surface area contributed by atoms with Crippen LogP contribution in [0.4, 0.5) is 0 Å². The molecule has 118 valence electrons. The first kappa shape index (κ1) is 17.5. The molecule has 4 heteroatoms. The minimum atomic E-state index is -0.188. The van der Waals surface area contributed by atoms with E-state index < -0.39 is 0 Å². The maximum absolute atomic E-state index is 11.8. The van der Waals surface area contributed by atoms with E-state index in [-0.39, 0.29) is 11.4 Å². The number of benzene rings is 1. The van der Waals surface area contributed by atoms with Crippen molar-refractivity contribution in [3.05, 3.63) is 29.3 Å². The van der Waals surface area contributed by atoms with E-state index in [1.165, 1.54) is 0 Å². The number of aryl methyl sites for hydroxylation is 2. The van der Waals surface area contributed by atoms with Gasteiger partial charge in [0, 0.05) is 12.1 Å². The zero-order valence-electron chi connectivity index (χ0n) is 14.1. The number of ether oxygens (including phenoxy) is 1. The van der Waals surface area contributed by atoms with Gasteiger partial charge in [-0.15, -0.1) is 0 Å². The van der Waals surface area contributed by atoms with Crippen molar-refractivity contribution >= 4 is 5.91 Å². The largest absolute Gasteiger partial charge is 0.492 e. The van der Waals surface area contributed by atoms with Crippen molar-refractivity contribution in [3.8, 4) is 5.75 Å². The van der Waals surface area contributed by atoms with Crippen LogP contribution in [0.1, 0.15) is 31.9 Å². The van der Waals surface area contributed by atoms with Gasteiger partial charge in [-0.1, -0.05) is 18.2 Å². The van der Waals surface area contributed by atoms with E-state index in [1.807, 2.05) is 64.8 Å². The summed E-state index contributed by atoms with van der Waals surface area (Å²) in [4.78, 5) is 13.8. The van der Waals surface area contributed by atoms with Gasteiger partial charge in [0.25, 0.3) is 0 Å². The minimum absolute atomic E-state index is 0.0390. The number of carbonyl (C=O) groups is 1. The fourth-order valence-corrected chi connectivity index (χ4v) is 2.11. The SMILES string of the molecule is Cc1cccc(C)c1OCCN(C)CC(=O)NC(C)(C)C. The molecule has 4 nitrogen and oxygen atoms in total. The number of para-hydroxylation sites is 1. The summed E-state index contributed by atoms with van der Waals surface area (Å²) in [5.41, 5.74) is 2.10. The highest BCUT2D eigenvalue weighted by Crippen LogP contribution is 2.21. The number of carbonyl (C=O) groups excluding carboxylic acids is 1. The Bertz CT molecular complexity index is 458. The fraction of sp³-hybridized carbons (Fsp3) is 0.588. The molecule has 0 saturated carbocycles. The van der Waals surface area contributed by atoms with Gasteiger partial charge in [-0.25, -0.2) is 0 Å². The molecule has 1 rings (SSSR count). The van der Waals surface area contributed by atoms with Gasteiger partial charge in [0.2, 0.25) is 5.91 Å². The monoisotopic (exact) mass is 292 g/mol. The minimum Gasteiger partial charge on any atom is -0.492 e. The van der Waals surface area contributed by atoms with Crippen LogP contribution in [-0.2, 0) is 4.79 Å². The standard InChI is InChI=1S/C17H28N2O2/c1-13-8-7-9-14(2)16(13)21-11-10-19(6)12-15(20)18-17(3,4)5/h7-9H,10-12H2,1-6H3,(H,18,20). The van der Waals surface area contributed by atoms with Crippen LogP contribution in [0.15, 0.2) is 18.2 Å². The van der Waals surface area contributed by atoms with Crippen LogP contribution in [0.2, 0.25) is 0 Å². The number of likely N-dealkylation sites (N-methyl/N-ethyl adjacent to an activating group) is 1. The van der Waals surface area contributed by atoms with Crippen molar-refractivity contribution in [3.63, 3.8) is 0 Å². The molecule has 0 aliphatic rings. The van der Waals surface area contributed by atoms with Crippen LogP contribution >= 0.6 is 0 Å². The third kappa shape index (κ3) is 6.63. The van der Waals surface area contributed by atoms with Crippen LogP contribution in [0.3, 0.4) is 0 Å². The van der Waals surface area contributed by atoms with Gasteiger partial charge in [-0.3, -0.25) is 9.69 Å². The van der Waals surface area contributed by atoms with Gasteiger partial charge in [-0.05, 0) is 52.8 Å². The van der Waals surface area contributed by atoms with Crippen molar-refractivity contribution in [2.75, 3.05) is 26.7 Å². The number of amides is 1. The number of nitrogens with zero attached hydrogens (tertiary/aromatic N) is 1. The Morgan fingerprint density at radius 2 is 1.81 bits per heavy atom. The van der Waals surface area contributed by atoms with Crippen LogP contribution < -0.4 is 10.1 Å². The third-order valence-electron chi connectivity index (χ3n) is 3.06. The molecule has 0 aliphatic carbocycles. The first-order valence-electron chi connectivity index (χ1n) is 7.37. The number of nitrogens with one attached hydrogen (secondary N) is 1. The zero-order chi connectivity index (χ0) is 16.0. The molecule has 0 atom stereocenters. The Morgan fingerprint density at radius 1 is 1.24 bits per heavy atom. The van der Waals surface area contributed by atoms with Crippen molar-refractivity contribution in [2.24, 2.45) is 0 Å². The predicted octanol–water partition coefficient (Wildman–Crippen LogP) is 2.53. The lowest BCUT2D eigenvalue weighted by atomic mass is 10.1. The molecule has 0 fully saturated rings. The first-order chi connectivity index (χ1) is 9.69. The Hall–Kier alpha value is -1.55. The first-order valence-corrected chi connectivity index (χ1v) is 7.37.